The van der Waals surface area contributed by atoms with Crippen LogP contribution in [0.3, 0.4) is 0 Å². The van der Waals surface area contributed by atoms with E-state index in [2.05, 4.69) is 0 Å². The lowest BCUT2D eigenvalue weighted by molar-refractivity contribution is -0.141. The Morgan fingerprint density at radius 3 is 1.73 bits per heavy atom. The molecule has 0 heterocycles. The third kappa shape index (κ3) is 5.28. The van der Waals surface area contributed by atoms with Crippen LogP contribution >= 0.6 is 0 Å². The Hall–Kier alpha value is -0.410. The van der Waals surface area contributed by atoms with Gasteiger partial charge >= 0.3 is 0 Å². The molecule has 2 atom stereocenters. The molecule has 0 bridgehead atoms. The first-order chi connectivity index (χ1) is 6.45. The molecule has 0 amide bonds. The van der Waals surface area contributed by atoms with Crippen molar-refractivity contribution in [2.24, 2.45) is 10.8 Å². The zero-order chi connectivity index (χ0) is 12.4. The minimum atomic E-state index is -1.27. The predicted molar refractivity (Wildman–Crippen MR) is 60.5 cm³/mol. The van der Waals surface area contributed by atoms with Crippen molar-refractivity contribution in [3.05, 3.63) is 0 Å². The Kier molecular flexibility index (Phi) is 4.49. The first-order valence-corrected chi connectivity index (χ1v) is 5.35. The maximum atomic E-state index is 11.7. The molecule has 0 aromatic rings. The highest BCUT2D eigenvalue weighted by Gasteiger charge is 2.34. The highest BCUT2D eigenvalue weighted by atomic mass is 16.3. The van der Waals surface area contributed by atoms with Gasteiger partial charge in [-0.25, -0.2) is 0 Å². The second-order valence-electron chi connectivity index (χ2n) is 6.39. The van der Waals surface area contributed by atoms with Crippen molar-refractivity contribution in [3.63, 3.8) is 0 Å². The van der Waals surface area contributed by atoms with Crippen LogP contribution in [0.2, 0.25) is 0 Å². The second kappa shape index (κ2) is 4.62. The number of ketones is 1. The maximum Gasteiger partial charge on any atom is 0.169 e. The smallest absolute Gasteiger partial charge is 0.169 e. The summed E-state index contributed by atoms with van der Waals surface area (Å²) in [5.41, 5.74) is -0.711. The molecule has 0 radical (unpaired) electrons. The number of Topliss-reactive ketones (excluding diaryl/α,β-unsaturated/α-hetero) is 1. The third-order valence-electron chi connectivity index (χ3n) is 2.19. The van der Waals surface area contributed by atoms with Gasteiger partial charge in [0.2, 0.25) is 0 Å². The molecule has 0 saturated carbocycles. The van der Waals surface area contributed by atoms with Crippen molar-refractivity contribution >= 4 is 5.78 Å². The Morgan fingerprint density at radius 1 is 1.07 bits per heavy atom. The highest BCUT2D eigenvalue weighted by molar-refractivity contribution is 5.88. The minimum Gasteiger partial charge on any atom is -0.390 e. The van der Waals surface area contributed by atoms with Crippen molar-refractivity contribution in [2.75, 3.05) is 0 Å². The largest absolute Gasteiger partial charge is 0.390 e. The topological polar surface area (TPSA) is 57.5 Å². The van der Waals surface area contributed by atoms with Gasteiger partial charge < -0.3 is 10.2 Å². The molecule has 3 nitrogen and oxygen atoms in total. The SMILES string of the molecule is CC(C)(C)CC(O)C(O)C(=O)C(C)(C)C. The molecule has 0 aliphatic rings. The molecule has 0 aliphatic heterocycles. The summed E-state index contributed by atoms with van der Waals surface area (Å²) in [6, 6.07) is 0. The number of aliphatic hydroxyl groups is 2. The van der Waals surface area contributed by atoms with Crippen LogP contribution in [0.1, 0.15) is 48.0 Å². The molecule has 0 fully saturated rings. The molecular formula is C12H24O3. The lowest BCUT2D eigenvalue weighted by atomic mass is 9.81. The Morgan fingerprint density at radius 2 is 1.47 bits per heavy atom. The fourth-order valence-corrected chi connectivity index (χ4v) is 1.36. The lowest BCUT2D eigenvalue weighted by Gasteiger charge is -2.28. The standard InChI is InChI=1S/C12H24O3/c1-11(2,3)7-8(13)9(14)10(15)12(4,5)6/h8-9,13-14H,7H2,1-6H3. The third-order valence-corrected chi connectivity index (χ3v) is 2.19. The number of carbonyl (C=O) groups is 1. The Balaban J connectivity index is 4.46. The molecule has 2 N–H and O–H groups in total. The molecule has 0 saturated heterocycles. The summed E-state index contributed by atoms with van der Waals surface area (Å²) in [5.74, 6) is -0.306. The summed E-state index contributed by atoms with van der Waals surface area (Å²) < 4.78 is 0. The van der Waals surface area contributed by atoms with Gasteiger partial charge in [-0.15, -0.1) is 0 Å². The zero-order valence-corrected chi connectivity index (χ0v) is 10.7. The van der Waals surface area contributed by atoms with Crippen LogP contribution in [0.4, 0.5) is 0 Å². The molecule has 90 valence electrons. The van der Waals surface area contributed by atoms with Gasteiger partial charge in [-0.2, -0.15) is 0 Å². The molecule has 0 aliphatic carbocycles. The van der Waals surface area contributed by atoms with Gasteiger partial charge in [0, 0.05) is 5.41 Å². The number of hydrogen-bond acceptors (Lipinski definition) is 3. The minimum absolute atomic E-state index is 0.0986. The van der Waals surface area contributed by atoms with E-state index in [1.165, 1.54) is 0 Å². The summed E-state index contributed by atoms with van der Waals surface area (Å²) in [5, 5.41) is 19.4. The van der Waals surface area contributed by atoms with E-state index in [0.29, 0.717) is 6.42 Å². The van der Waals surface area contributed by atoms with Crippen LogP contribution in [0.15, 0.2) is 0 Å². The summed E-state index contributed by atoms with van der Waals surface area (Å²) in [7, 11) is 0. The number of carbonyl (C=O) groups excluding carboxylic acids is 1. The monoisotopic (exact) mass is 216 g/mol. The average molecular weight is 216 g/mol. The van der Waals surface area contributed by atoms with Gasteiger partial charge in [-0.1, -0.05) is 41.5 Å². The van der Waals surface area contributed by atoms with Gasteiger partial charge in [-0.05, 0) is 11.8 Å². The lowest BCUT2D eigenvalue weighted by Crippen LogP contribution is -2.42. The molecule has 3 heteroatoms. The molecule has 15 heavy (non-hydrogen) atoms. The van der Waals surface area contributed by atoms with E-state index in [0.717, 1.165) is 0 Å². The van der Waals surface area contributed by atoms with E-state index in [1.807, 2.05) is 20.8 Å². The summed E-state index contributed by atoms with van der Waals surface area (Å²) in [6.45, 7) is 11.1. The summed E-state index contributed by atoms with van der Waals surface area (Å²) in [6.07, 6.45) is -1.84. The molecular weight excluding hydrogens is 192 g/mol. The van der Waals surface area contributed by atoms with Crippen molar-refractivity contribution in [2.45, 2.75) is 60.2 Å². The second-order valence-corrected chi connectivity index (χ2v) is 6.39. The van der Waals surface area contributed by atoms with Crippen LogP contribution in [0.25, 0.3) is 0 Å². The normalized spacial score (nSPS) is 17.3. The molecule has 2 unspecified atom stereocenters. The summed E-state index contributed by atoms with van der Waals surface area (Å²) >= 11 is 0. The molecule has 0 spiro atoms. The van der Waals surface area contributed by atoms with Crippen LogP contribution in [0.5, 0.6) is 0 Å². The number of hydrogen-bond donors (Lipinski definition) is 2. The molecule has 0 aromatic heterocycles. The van der Waals surface area contributed by atoms with E-state index >= 15 is 0 Å². The predicted octanol–water partition coefficient (Wildman–Crippen LogP) is 1.76. The highest BCUT2D eigenvalue weighted by Crippen LogP contribution is 2.25. The molecule has 0 aromatic carbocycles. The van der Waals surface area contributed by atoms with Gasteiger partial charge in [-0.3, -0.25) is 4.79 Å². The van der Waals surface area contributed by atoms with Crippen molar-refractivity contribution in [1.82, 2.24) is 0 Å². The van der Waals surface area contributed by atoms with E-state index in [9.17, 15) is 15.0 Å². The Bertz CT molecular complexity index is 220. The van der Waals surface area contributed by atoms with Crippen LogP contribution in [-0.4, -0.2) is 28.2 Å². The fourth-order valence-electron chi connectivity index (χ4n) is 1.36. The van der Waals surface area contributed by atoms with Crippen LogP contribution < -0.4 is 0 Å². The number of rotatable bonds is 3. The zero-order valence-electron chi connectivity index (χ0n) is 10.7. The van der Waals surface area contributed by atoms with E-state index < -0.39 is 17.6 Å². The average Bonchev–Trinajstić information content (AvgIpc) is 1.96. The van der Waals surface area contributed by atoms with Crippen molar-refractivity contribution in [3.8, 4) is 0 Å². The summed E-state index contributed by atoms with van der Waals surface area (Å²) in [4.78, 5) is 11.7. The first kappa shape index (κ1) is 14.6. The maximum absolute atomic E-state index is 11.7. The van der Waals surface area contributed by atoms with Gasteiger partial charge in [0.05, 0.1) is 6.10 Å². The fraction of sp³-hybridized carbons (Fsp3) is 0.917. The van der Waals surface area contributed by atoms with Crippen molar-refractivity contribution < 1.29 is 15.0 Å². The van der Waals surface area contributed by atoms with E-state index in [1.54, 1.807) is 20.8 Å². The van der Waals surface area contributed by atoms with Crippen LogP contribution in [-0.2, 0) is 4.79 Å². The van der Waals surface area contributed by atoms with Gasteiger partial charge in [0.25, 0.3) is 0 Å². The quantitative estimate of drug-likeness (QED) is 0.755. The van der Waals surface area contributed by atoms with Crippen molar-refractivity contribution in [1.29, 1.82) is 0 Å². The molecule has 0 rings (SSSR count). The number of aliphatic hydroxyl groups excluding tert-OH is 2. The van der Waals surface area contributed by atoms with Gasteiger partial charge in [0.1, 0.15) is 6.10 Å². The van der Waals surface area contributed by atoms with E-state index in [4.69, 9.17) is 0 Å². The first-order valence-electron chi connectivity index (χ1n) is 5.35. The van der Waals surface area contributed by atoms with E-state index in [-0.39, 0.29) is 11.2 Å². The Labute approximate surface area is 92.5 Å². The van der Waals surface area contributed by atoms with Gasteiger partial charge in [0.15, 0.2) is 5.78 Å². The van der Waals surface area contributed by atoms with Crippen LogP contribution in [0, 0.1) is 10.8 Å².